The van der Waals surface area contributed by atoms with Crippen molar-refractivity contribution < 1.29 is 17.6 Å². The number of fused-ring (bicyclic) bond motifs is 1. The Morgan fingerprint density at radius 1 is 1.14 bits per heavy atom. The van der Waals surface area contributed by atoms with Gasteiger partial charge in [0.1, 0.15) is 11.5 Å². The van der Waals surface area contributed by atoms with Gasteiger partial charge in [-0.3, -0.25) is 14.7 Å². The van der Waals surface area contributed by atoms with Crippen molar-refractivity contribution in [2.75, 3.05) is 6.54 Å². The predicted molar refractivity (Wildman–Crippen MR) is 97.3 cm³/mol. The first kappa shape index (κ1) is 19.3. The monoisotopic (exact) mass is 404 g/mol. The van der Waals surface area contributed by atoms with Crippen LogP contribution in [0.4, 0.5) is 17.6 Å². The molecular formula is C20H16F4N4O. The number of aromatic nitrogens is 3. The number of benzene rings is 1. The number of nitrogens with one attached hydrogen (secondary N) is 1. The standard InChI is InChI=1S/C20H16F4N4O/c21-17-12(4-3-5-14(17)20(22,23)24)10-28-9-7-13-16(11-28)26-18(27-19(13)29)15-6-1-2-8-25-15/h1-6,8H,7,9-11H2,(H,26,27,29). The maximum absolute atomic E-state index is 14.3. The summed E-state index contributed by atoms with van der Waals surface area (Å²) in [4.78, 5) is 25.5. The first-order valence-electron chi connectivity index (χ1n) is 8.93. The van der Waals surface area contributed by atoms with E-state index in [4.69, 9.17) is 0 Å². The van der Waals surface area contributed by atoms with Crippen LogP contribution in [0.15, 0.2) is 47.4 Å². The maximum Gasteiger partial charge on any atom is 0.419 e. The predicted octanol–water partition coefficient (Wildman–Crippen LogP) is 3.55. The van der Waals surface area contributed by atoms with Crippen LogP contribution in [-0.2, 0) is 25.7 Å². The van der Waals surface area contributed by atoms with Crippen LogP contribution < -0.4 is 5.56 Å². The van der Waals surface area contributed by atoms with E-state index in [1.165, 1.54) is 12.1 Å². The van der Waals surface area contributed by atoms with Gasteiger partial charge >= 0.3 is 6.18 Å². The van der Waals surface area contributed by atoms with Crippen LogP contribution in [0.5, 0.6) is 0 Å². The lowest BCUT2D eigenvalue weighted by atomic mass is 10.0. The molecule has 3 aromatic rings. The summed E-state index contributed by atoms with van der Waals surface area (Å²) in [6.45, 7) is 0.633. The van der Waals surface area contributed by atoms with E-state index in [1.807, 2.05) is 0 Å². The Bertz CT molecular complexity index is 1100. The molecule has 0 aliphatic carbocycles. The minimum absolute atomic E-state index is 0.0113. The summed E-state index contributed by atoms with van der Waals surface area (Å²) >= 11 is 0. The Morgan fingerprint density at radius 3 is 2.69 bits per heavy atom. The molecule has 0 bridgehead atoms. The van der Waals surface area contributed by atoms with Crippen molar-refractivity contribution in [3.63, 3.8) is 0 Å². The van der Waals surface area contributed by atoms with Crippen LogP contribution in [0, 0.1) is 5.82 Å². The van der Waals surface area contributed by atoms with Crippen molar-refractivity contribution in [3.05, 3.63) is 81.2 Å². The summed E-state index contributed by atoms with van der Waals surface area (Å²) in [5.41, 5.74) is -0.0232. The molecule has 0 amide bonds. The number of hydrogen-bond donors (Lipinski definition) is 1. The summed E-state index contributed by atoms with van der Waals surface area (Å²) in [5, 5.41) is 0. The summed E-state index contributed by atoms with van der Waals surface area (Å²) in [7, 11) is 0. The van der Waals surface area contributed by atoms with Gasteiger partial charge in [-0.1, -0.05) is 18.2 Å². The van der Waals surface area contributed by atoms with Gasteiger partial charge in [-0.2, -0.15) is 13.2 Å². The number of H-pyrrole nitrogens is 1. The topological polar surface area (TPSA) is 61.9 Å². The molecule has 0 fully saturated rings. The molecule has 0 spiro atoms. The van der Waals surface area contributed by atoms with E-state index in [2.05, 4.69) is 15.0 Å². The van der Waals surface area contributed by atoms with E-state index < -0.39 is 17.6 Å². The van der Waals surface area contributed by atoms with Crippen molar-refractivity contribution in [1.82, 2.24) is 19.9 Å². The second-order valence-corrected chi connectivity index (χ2v) is 6.79. The lowest BCUT2D eigenvalue weighted by Gasteiger charge is -2.28. The highest BCUT2D eigenvalue weighted by molar-refractivity contribution is 5.49. The second-order valence-electron chi connectivity index (χ2n) is 6.79. The zero-order chi connectivity index (χ0) is 20.6. The fraction of sp³-hybridized carbons (Fsp3) is 0.250. The number of aromatic amines is 1. The third-order valence-electron chi connectivity index (χ3n) is 4.84. The molecule has 3 heterocycles. The quantitative estimate of drug-likeness (QED) is 0.679. The third-order valence-corrected chi connectivity index (χ3v) is 4.84. The molecule has 9 heteroatoms. The van der Waals surface area contributed by atoms with Gasteiger partial charge in [0.2, 0.25) is 0 Å². The van der Waals surface area contributed by atoms with Gasteiger partial charge in [-0.05, 0) is 24.6 Å². The van der Waals surface area contributed by atoms with Gasteiger partial charge in [0, 0.05) is 37.0 Å². The van der Waals surface area contributed by atoms with Crippen LogP contribution in [0.2, 0.25) is 0 Å². The van der Waals surface area contributed by atoms with Crippen molar-refractivity contribution in [1.29, 1.82) is 0 Å². The van der Waals surface area contributed by atoms with Crippen LogP contribution >= 0.6 is 0 Å². The van der Waals surface area contributed by atoms with Gasteiger partial charge in [0.05, 0.1) is 11.3 Å². The van der Waals surface area contributed by atoms with Crippen LogP contribution in [0.1, 0.15) is 22.4 Å². The molecule has 5 nitrogen and oxygen atoms in total. The average molecular weight is 404 g/mol. The number of nitrogens with zero attached hydrogens (tertiary/aromatic N) is 3. The highest BCUT2D eigenvalue weighted by atomic mass is 19.4. The van der Waals surface area contributed by atoms with Crippen molar-refractivity contribution in [2.24, 2.45) is 0 Å². The summed E-state index contributed by atoms with van der Waals surface area (Å²) in [6, 6.07) is 8.48. The Labute approximate surface area is 163 Å². The molecule has 1 N–H and O–H groups in total. The Morgan fingerprint density at radius 2 is 1.97 bits per heavy atom. The summed E-state index contributed by atoms with van der Waals surface area (Å²) in [5.74, 6) is -0.944. The third kappa shape index (κ3) is 3.91. The fourth-order valence-electron chi connectivity index (χ4n) is 3.41. The summed E-state index contributed by atoms with van der Waals surface area (Å²) in [6.07, 6.45) is -2.79. The molecular weight excluding hydrogens is 388 g/mol. The van der Waals surface area contributed by atoms with E-state index in [-0.39, 0.29) is 24.2 Å². The van der Waals surface area contributed by atoms with Crippen molar-refractivity contribution in [2.45, 2.75) is 25.7 Å². The Kier molecular flexibility index (Phi) is 4.91. The molecule has 0 unspecified atom stereocenters. The second kappa shape index (κ2) is 7.40. The molecule has 0 radical (unpaired) electrons. The van der Waals surface area contributed by atoms with Crippen molar-refractivity contribution >= 4 is 0 Å². The van der Waals surface area contributed by atoms with Crippen molar-refractivity contribution in [3.8, 4) is 11.5 Å². The molecule has 1 aliphatic rings. The Hall–Kier alpha value is -3.07. The van der Waals surface area contributed by atoms with E-state index >= 15 is 0 Å². The van der Waals surface area contributed by atoms with E-state index in [1.54, 1.807) is 29.3 Å². The molecule has 2 aromatic heterocycles. The van der Waals surface area contributed by atoms with Crippen LogP contribution in [0.3, 0.4) is 0 Å². The lowest BCUT2D eigenvalue weighted by Crippen LogP contribution is -2.35. The molecule has 1 aromatic carbocycles. The van der Waals surface area contributed by atoms with Gasteiger partial charge in [0.15, 0.2) is 5.82 Å². The number of alkyl halides is 3. The van der Waals surface area contributed by atoms with Gasteiger partial charge in [-0.25, -0.2) is 9.37 Å². The molecule has 0 atom stereocenters. The fourth-order valence-corrected chi connectivity index (χ4v) is 3.41. The van der Waals surface area contributed by atoms with E-state index in [0.717, 1.165) is 6.07 Å². The molecule has 150 valence electrons. The lowest BCUT2D eigenvalue weighted by molar-refractivity contribution is -0.140. The number of rotatable bonds is 3. The SMILES string of the molecule is O=c1[nH]c(-c2ccccn2)nc2c1CCN(Cc1cccc(C(F)(F)F)c1F)C2. The molecule has 1 aliphatic heterocycles. The minimum atomic E-state index is -4.75. The molecule has 4 rings (SSSR count). The zero-order valence-corrected chi connectivity index (χ0v) is 15.1. The Balaban J connectivity index is 1.61. The van der Waals surface area contributed by atoms with Crippen LogP contribution in [0.25, 0.3) is 11.5 Å². The van der Waals surface area contributed by atoms with Gasteiger partial charge in [-0.15, -0.1) is 0 Å². The van der Waals surface area contributed by atoms with E-state index in [9.17, 15) is 22.4 Å². The number of hydrogen-bond acceptors (Lipinski definition) is 4. The summed E-state index contributed by atoms with van der Waals surface area (Å²) < 4.78 is 53.2. The highest BCUT2D eigenvalue weighted by Gasteiger charge is 2.35. The minimum Gasteiger partial charge on any atom is -0.305 e. The molecule has 0 saturated heterocycles. The van der Waals surface area contributed by atoms with Crippen LogP contribution in [-0.4, -0.2) is 26.4 Å². The van der Waals surface area contributed by atoms with E-state index in [0.29, 0.717) is 35.7 Å². The van der Waals surface area contributed by atoms with Gasteiger partial charge < -0.3 is 4.98 Å². The molecule has 29 heavy (non-hydrogen) atoms. The van der Waals surface area contributed by atoms with Gasteiger partial charge in [0.25, 0.3) is 5.56 Å². The largest absolute Gasteiger partial charge is 0.419 e. The number of pyridine rings is 1. The first-order chi connectivity index (χ1) is 13.8. The number of halogens is 4. The molecule has 0 saturated carbocycles. The zero-order valence-electron chi connectivity index (χ0n) is 15.1. The smallest absolute Gasteiger partial charge is 0.305 e. The highest BCUT2D eigenvalue weighted by Crippen LogP contribution is 2.33. The maximum atomic E-state index is 14.3. The normalized spacial score (nSPS) is 14.6. The average Bonchev–Trinajstić information content (AvgIpc) is 2.69. The first-order valence-corrected chi connectivity index (χ1v) is 8.93.